The van der Waals surface area contributed by atoms with Crippen molar-refractivity contribution in [2.24, 2.45) is 0 Å². The average Bonchev–Trinajstić information content (AvgIpc) is 2.96. The van der Waals surface area contributed by atoms with Gasteiger partial charge in [0.25, 0.3) is 5.91 Å². The third-order valence-electron chi connectivity index (χ3n) is 3.04. The zero-order chi connectivity index (χ0) is 14.4. The molecule has 1 saturated heterocycles. The van der Waals surface area contributed by atoms with Gasteiger partial charge < -0.3 is 15.2 Å². The third kappa shape index (κ3) is 3.80. The van der Waals surface area contributed by atoms with Gasteiger partial charge in [-0.2, -0.15) is 0 Å². The Morgan fingerprint density at radius 1 is 1.55 bits per heavy atom. The molecule has 0 saturated carbocycles. The molecule has 1 aromatic carbocycles. The Balaban J connectivity index is 2.08. The summed E-state index contributed by atoms with van der Waals surface area (Å²) in [6.07, 6.45) is 1.94. The van der Waals surface area contributed by atoms with Crippen molar-refractivity contribution in [1.82, 2.24) is 5.32 Å². The van der Waals surface area contributed by atoms with Crippen LogP contribution in [0.15, 0.2) is 18.2 Å². The van der Waals surface area contributed by atoms with Gasteiger partial charge in [0.2, 0.25) is 0 Å². The Labute approximate surface area is 116 Å². The van der Waals surface area contributed by atoms with E-state index < -0.39 is 5.82 Å². The van der Waals surface area contributed by atoms with E-state index in [0.29, 0.717) is 18.7 Å². The van der Waals surface area contributed by atoms with Crippen LogP contribution in [0.4, 0.5) is 4.39 Å². The summed E-state index contributed by atoms with van der Waals surface area (Å²) in [4.78, 5) is 12.1. The molecule has 1 fully saturated rings. The van der Waals surface area contributed by atoms with Crippen LogP contribution in [-0.4, -0.2) is 36.9 Å². The highest BCUT2D eigenvalue weighted by Gasteiger charge is 2.18. The van der Waals surface area contributed by atoms with Crippen LogP contribution >= 0.6 is 0 Å². The number of aliphatic hydroxyl groups excluding tert-OH is 1. The molecule has 1 heterocycles. The molecule has 0 spiro atoms. The summed E-state index contributed by atoms with van der Waals surface area (Å²) in [5.74, 6) is 4.21. The van der Waals surface area contributed by atoms with E-state index in [1.165, 1.54) is 12.1 Å². The lowest BCUT2D eigenvalue weighted by atomic mass is 10.1. The third-order valence-corrected chi connectivity index (χ3v) is 3.04. The minimum Gasteiger partial charge on any atom is -0.384 e. The van der Waals surface area contributed by atoms with Crippen LogP contribution in [0.1, 0.15) is 28.8 Å². The van der Waals surface area contributed by atoms with Crippen LogP contribution in [0.2, 0.25) is 0 Å². The first-order chi connectivity index (χ1) is 9.70. The largest absolute Gasteiger partial charge is 0.384 e. The molecule has 1 amide bonds. The Hall–Kier alpha value is -1.90. The van der Waals surface area contributed by atoms with Crippen LogP contribution in [0.25, 0.3) is 0 Å². The molecule has 106 valence electrons. The van der Waals surface area contributed by atoms with E-state index in [2.05, 4.69) is 17.2 Å². The minimum absolute atomic E-state index is 0.0273. The van der Waals surface area contributed by atoms with Gasteiger partial charge in [-0.1, -0.05) is 11.8 Å². The smallest absolute Gasteiger partial charge is 0.252 e. The van der Waals surface area contributed by atoms with E-state index in [1.807, 2.05) is 0 Å². The van der Waals surface area contributed by atoms with Crippen molar-refractivity contribution in [3.63, 3.8) is 0 Å². The number of amides is 1. The van der Waals surface area contributed by atoms with Gasteiger partial charge in [0.05, 0.1) is 11.7 Å². The molecule has 0 aromatic heterocycles. The molecular weight excluding hydrogens is 261 g/mol. The normalized spacial score (nSPS) is 17.4. The summed E-state index contributed by atoms with van der Waals surface area (Å²) >= 11 is 0. The minimum atomic E-state index is -0.498. The molecule has 1 aromatic rings. The second kappa shape index (κ2) is 7.04. The maximum absolute atomic E-state index is 13.3. The van der Waals surface area contributed by atoms with E-state index in [1.54, 1.807) is 0 Å². The van der Waals surface area contributed by atoms with Crippen molar-refractivity contribution in [3.05, 3.63) is 35.1 Å². The van der Waals surface area contributed by atoms with E-state index in [-0.39, 0.29) is 24.2 Å². The summed E-state index contributed by atoms with van der Waals surface area (Å²) in [6, 6.07) is 3.81. The fourth-order valence-electron chi connectivity index (χ4n) is 2.06. The SMILES string of the molecule is O=C(NCC1CCCO1)c1cc(F)ccc1C#CCO. The Morgan fingerprint density at radius 3 is 3.10 bits per heavy atom. The van der Waals surface area contributed by atoms with Crippen LogP contribution in [0, 0.1) is 17.7 Å². The summed E-state index contributed by atoms with van der Waals surface area (Å²) < 4.78 is 18.7. The van der Waals surface area contributed by atoms with Crippen molar-refractivity contribution in [2.75, 3.05) is 19.8 Å². The number of carbonyl (C=O) groups excluding carboxylic acids is 1. The highest BCUT2D eigenvalue weighted by Crippen LogP contribution is 2.13. The molecule has 4 nitrogen and oxygen atoms in total. The number of rotatable bonds is 3. The van der Waals surface area contributed by atoms with Gasteiger partial charge in [-0.05, 0) is 31.0 Å². The van der Waals surface area contributed by atoms with E-state index in [9.17, 15) is 9.18 Å². The quantitative estimate of drug-likeness (QED) is 0.813. The van der Waals surface area contributed by atoms with Crippen molar-refractivity contribution in [3.8, 4) is 11.8 Å². The van der Waals surface area contributed by atoms with Gasteiger partial charge in [-0.3, -0.25) is 4.79 Å². The number of nitrogens with one attached hydrogen (secondary N) is 1. The molecule has 1 aliphatic rings. The van der Waals surface area contributed by atoms with Crippen molar-refractivity contribution in [2.45, 2.75) is 18.9 Å². The molecule has 5 heteroatoms. The number of aliphatic hydroxyl groups is 1. The predicted octanol–water partition coefficient (Wildman–Crippen LogP) is 1.08. The molecule has 1 atom stereocenters. The Bertz CT molecular complexity index is 542. The molecule has 20 heavy (non-hydrogen) atoms. The number of ether oxygens (including phenoxy) is 1. The summed E-state index contributed by atoms with van der Waals surface area (Å²) in [6.45, 7) is 0.810. The summed E-state index contributed by atoms with van der Waals surface area (Å²) in [7, 11) is 0. The van der Waals surface area contributed by atoms with Gasteiger partial charge in [-0.15, -0.1) is 0 Å². The maximum atomic E-state index is 13.3. The maximum Gasteiger partial charge on any atom is 0.252 e. The monoisotopic (exact) mass is 277 g/mol. The van der Waals surface area contributed by atoms with Crippen molar-refractivity contribution >= 4 is 5.91 Å². The van der Waals surface area contributed by atoms with Crippen molar-refractivity contribution < 1.29 is 19.0 Å². The Kier molecular flexibility index (Phi) is 5.10. The second-order valence-electron chi connectivity index (χ2n) is 4.49. The Morgan fingerprint density at radius 2 is 2.40 bits per heavy atom. The molecule has 2 rings (SSSR count). The summed E-state index contributed by atoms with van der Waals surface area (Å²) in [5, 5.41) is 11.4. The zero-order valence-electron chi connectivity index (χ0n) is 11.0. The fraction of sp³-hybridized carbons (Fsp3) is 0.400. The first-order valence-electron chi connectivity index (χ1n) is 6.50. The van der Waals surface area contributed by atoms with Gasteiger partial charge in [0.1, 0.15) is 12.4 Å². The molecule has 1 unspecified atom stereocenters. The van der Waals surface area contributed by atoms with Gasteiger partial charge in [0.15, 0.2) is 0 Å². The van der Waals surface area contributed by atoms with E-state index in [0.717, 1.165) is 18.9 Å². The van der Waals surface area contributed by atoms with Gasteiger partial charge in [-0.25, -0.2) is 4.39 Å². The molecule has 0 bridgehead atoms. The average molecular weight is 277 g/mol. The van der Waals surface area contributed by atoms with Crippen molar-refractivity contribution in [1.29, 1.82) is 0 Å². The van der Waals surface area contributed by atoms with Crippen LogP contribution < -0.4 is 5.32 Å². The standard InChI is InChI=1S/C15H16FNO3/c16-12-6-5-11(3-1-7-18)14(9-12)15(19)17-10-13-4-2-8-20-13/h5-6,9,13,18H,2,4,7-8,10H2,(H,17,19). The van der Waals surface area contributed by atoms with Crippen LogP contribution in [0.3, 0.4) is 0 Å². The van der Waals surface area contributed by atoms with Crippen LogP contribution in [0.5, 0.6) is 0 Å². The molecule has 2 N–H and O–H groups in total. The number of carbonyl (C=O) groups is 1. The lowest BCUT2D eigenvalue weighted by Gasteiger charge is -2.11. The number of hydrogen-bond acceptors (Lipinski definition) is 3. The van der Waals surface area contributed by atoms with Crippen LogP contribution in [-0.2, 0) is 4.74 Å². The summed E-state index contributed by atoms with van der Waals surface area (Å²) in [5.41, 5.74) is 0.564. The molecule has 0 radical (unpaired) electrons. The lowest BCUT2D eigenvalue weighted by Crippen LogP contribution is -2.32. The lowest BCUT2D eigenvalue weighted by molar-refractivity contribution is 0.0857. The zero-order valence-corrected chi connectivity index (χ0v) is 11.0. The fourth-order valence-corrected chi connectivity index (χ4v) is 2.06. The molecular formula is C15H16FNO3. The molecule has 1 aliphatic heterocycles. The topological polar surface area (TPSA) is 58.6 Å². The predicted molar refractivity (Wildman–Crippen MR) is 71.7 cm³/mol. The van der Waals surface area contributed by atoms with Gasteiger partial charge in [0, 0.05) is 18.7 Å². The van der Waals surface area contributed by atoms with E-state index >= 15 is 0 Å². The number of halogens is 1. The molecule has 0 aliphatic carbocycles. The number of hydrogen-bond donors (Lipinski definition) is 2. The highest BCUT2D eigenvalue weighted by atomic mass is 19.1. The first-order valence-corrected chi connectivity index (χ1v) is 6.50. The van der Waals surface area contributed by atoms with E-state index in [4.69, 9.17) is 9.84 Å². The van der Waals surface area contributed by atoms with Gasteiger partial charge >= 0.3 is 0 Å². The first kappa shape index (κ1) is 14.5. The number of benzene rings is 1. The highest BCUT2D eigenvalue weighted by molar-refractivity contribution is 5.96. The second-order valence-corrected chi connectivity index (χ2v) is 4.49.